The molecule has 0 aliphatic heterocycles. The SMILES string of the molecule is CCN(CCCl)C(=O)CCc1ccccc1. The normalized spacial score (nSPS) is 10.1. The van der Waals surface area contributed by atoms with Crippen LogP contribution in [0.2, 0.25) is 0 Å². The molecule has 88 valence electrons. The van der Waals surface area contributed by atoms with Gasteiger partial charge in [0, 0.05) is 25.4 Å². The van der Waals surface area contributed by atoms with E-state index in [1.165, 1.54) is 5.56 Å². The number of halogens is 1. The van der Waals surface area contributed by atoms with Crippen molar-refractivity contribution in [1.82, 2.24) is 4.90 Å². The maximum atomic E-state index is 11.8. The van der Waals surface area contributed by atoms with Crippen molar-refractivity contribution in [3.63, 3.8) is 0 Å². The van der Waals surface area contributed by atoms with Gasteiger partial charge in [0.05, 0.1) is 0 Å². The molecule has 0 radical (unpaired) electrons. The van der Waals surface area contributed by atoms with Gasteiger partial charge in [-0.15, -0.1) is 11.6 Å². The van der Waals surface area contributed by atoms with Gasteiger partial charge in [0.25, 0.3) is 0 Å². The molecule has 16 heavy (non-hydrogen) atoms. The van der Waals surface area contributed by atoms with Crippen LogP contribution >= 0.6 is 11.6 Å². The topological polar surface area (TPSA) is 20.3 Å². The lowest BCUT2D eigenvalue weighted by atomic mass is 10.1. The highest BCUT2D eigenvalue weighted by Gasteiger charge is 2.10. The predicted octanol–water partition coefficient (Wildman–Crippen LogP) is 2.71. The minimum Gasteiger partial charge on any atom is -0.342 e. The van der Waals surface area contributed by atoms with Crippen molar-refractivity contribution >= 4 is 17.5 Å². The summed E-state index contributed by atoms with van der Waals surface area (Å²) in [6.07, 6.45) is 1.37. The van der Waals surface area contributed by atoms with Gasteiger partial charge in [0.15, 0.2) is 0 Å². The number of alkyl halides is 1. The Morgan fingerprint density at radius 1 is 1.31 bits per heavy atom. The maximum Gasteiger partial charge on any atom is 0.222 e. The molecule has 0 spiro atoms. The Kier molecular flexibility index (Phi) is 5.94. The number of aryl methyl sites for hydroxylation is 1. The number of carbonyl (C=O) groups excluding carboxylic acids is 1. The number of hydrogen-bond acceptors (Lipinski definition) is 1. The van der Waals surface area contributed by atoms with E-state index in [1.54, 1.807) is 4.90 Å². The molecule has 0 aliphatic rings. The lowest BCUT2D eigenvalue weighted by Gasteiger charge is -2.19. The first-order chi connectivity index (χ1) is 7.77. The van der Waals surface area contributed by atoms with Crippen molar-refractivity contribution < 1.29 is 4.79 Å². The molecule has 0 unspecified atom stereocenters. The highest BCUT2D eigenvalue weighted by Crippen LogP contribution is 2.04. The van der Waals surface area contributed by atoms with Gasteiger partial charge in [-0.2, -0.15) is 0 Å². The fourth-order valence-corrected chi connectivity index (χ4v) is 1.82. The van der Waals surface area contributed by atoms with E-state index in [4.69, 9.17) is 11.6 Å². The van der Waals surface area contributed by atoms with Gasteiger partial charge in [-0.1, -0.05) is 30.3 Å². The van der Waals surface area contributed by atoms with Crippen LogP contribution in [0.1, 0.15) is 18.9 Å². The molecule has 1 rings (SSSR count). The molecule has 1 aromatic carbocycles. The highest BCUT2D eigenvalue weighted by molar-refractivity contribution is 6.18. The number of benzene rings is 1. The Labute approximate surface area is 102 Å². The smallest absolute Gasteiger partial charge is 0.222 e. The third kappa shape index (κ3) is 4.23. The van der Waals surface area contributed by atoms with Gasteiger partial charge in [0.2, 0.25) is 5.91 Å². The fraction of sp³-hybridized carbons (Fsp3) is 0.462. The Hall–Kier alpha value is -1.02. The third-order valence-electron chi connectivity index (χ3n) is 2.56. The second-order valence-corrected chi connectivity index (χ2v) is 4.03. The summed E-state index contributed by atoms with van der Waals surface area (Å²) in [6, 6.07) is 10.1. The average molecular weight is 240 g/mol. The number of hydrogen-bond donors (Lipinski definition) is 0. The summed E-state index contributed by atoms with van der Waals surface area (Å²) >= 11 is 5.64. The first kappa shape index (κ1) is 13.0. The van der Waals surface area contributed by atoms with Gasteiger partial charge in [-0.3, -0.25) is 4.79 Å². The molecule has 0 fully saturated rings. The number of carbonyl (C=O) groups is 1. The Bertz CT molecular complexity index is 313. The zero-order valence-corrected chi connectivity index (χ0v) is 10.4. The Morgan fingerprint density at radius 2 is 2.00 bits per heavy atom. The van der Waals surface area contributed by atoms with E-state index in [1.807, 2.05) is 37.3 Å². The molecule has 0 saturated heterocycles. The molecule has 1 amide bonds. The molecule has 0 aliphatic carbocycles. The van der Waals surface area contributed by atoms with Gasteiger partial charge < -0.3 is 4.90 Å². The largest absolute Gasteiger partial charge is 0.342 e. The number of nitrogens with zero attached hydrogens (tertiary/aromatic N) is 1. The van der Waals surface area contributed by atoms with Crippen LogP contribution in [0.4, 0.5) is 0 Å². The Balaban J connectivity index is 2.40. The number of amides is 1. The van der Waals surface area contributed by atoms with Gasteiger partial charge >= 0.3 is 0 Å². The average Bonchev–Trinajstić information content (AvgIpc) is 2.34. The van der Waals surface area contributed by atoms with Gasteiger partial charge in [-0.05, 0) is 18.9 Å². The van der Waals surface area contributed by atoms with E-state index < -0.39 is 0 Å². The quantitative estimate of drug-likeness (QED) is 0.699. The zero-order valence-electron chi connectivity index (χ0n) is 9.66. The van der Waals surface area contributed by atoms with Crippen LogP contribution in [0.25, 0.3) is 0 Å². The predicted molar refractivity (Wildman–Crippen MR) is 67.7 cm³/mol. The molecular weight excluding hydrogens is 222 g/mol. The summed E-state index contributed by atoms with van der Waals surface area (Å²) in [7, 11) is 0. The van der Waals surface area contributed by atoms with Crippen molar-refractivity contribution in [1.29, 1.82) is 0 Å². The molecule has 1 aromatic rings. The first-order valence-electron chi connectivity index (χ1n) is 5.65. The van der Waals surface area contributed by atoms with Crippen LogP contribution < -0.4 is 0 Å². The molecule has 0 aromatic heterocycles. The van der Waals surface area contributed by atoms with E-state index in [0.717, 1.165) is 13.0 Å². The molecule has 2 nitrogen and oxygen atoms in total. The van der Waals surface area contributed by atoms with E-state index in [2.05, 4.69) is 0 Å². The maximum absolute atomic E-state index is 11.8. The van der Waals surface area contributed by atoms with Crippen molar-refractivity contribution in [2.45, 2.75) is 19.8 Å². The highest BCUT2D eigenvalue weighted by atomic mass is 35.5. The summed E-state index contributed by atoms with van der Waals surface area (Å²) in [6.45, 7) is 3.36. The van der Waals surface area contributed by atoms with Crippen LogP contribution in [0.15, 0.2) is 30.3 Å². The molecule has 0 atom stereocenters. The van der Waals surface area contributed by atoms with Crippen LogP contribution in [-0.4, -0.2) is 29.8 Å². The van der Waals surface area contributed by atoms with E-state index in [9.17, 15) is 4.79 Å². The lowest BCUT2D eigenvalue weighted by Crippen LogP contribution is -2.32. The van der Waals surface area contributed by atoms with Crippen LogP contribution in [0.5, 0.6) is 0 Å². The van der Waals surface area contributed by atoms with Crippen LogP contribution in [0, 0.1) is 0 Å². The molecule has 0 N–H and O–H groups in total. The van der Waals surface area contributed by atoms with Gasteiger partial charge in [-0.25, -0.2) is 0 Å². The molecule has 0 saturated carbocycles. The lowest BCUT2D eigenvalue weighted by molar-refractivity contribution is -0.130. The third-order valence-corrected chi connectivity index (χ3v) is 2.73. The molecule has 0 heterocycles. The van der Waals surface area contributed by atoms with Crippen LogP contribution in [-0.2, 0) is 11.2 Å². The summed E-state index contributed by atoms with van der Waals surface area (Å²) < 4.78 is 0. The van der Waals surface area contributed by atoms with Gasteiger partial charge in [0.1, 0.15) is 0 Å². The van der Waals surface area contributed by atoms with Crippen molar-refractivity contribution in [2.24, 2.45) is 0 Å². The second kappa shape index (κ2) is 7.29. The standard InChI is InChI=1S/C13H18ClNO/c1-2-15(11-10-14)13(16)9-8-12-6-4-3-5-7-12/h3-7H,2,8-11H2,1H3. The van der Waals surface area contributed by atoms with E-state index in [0.29, 0.717) is 18.8 Å². The zero-order chi connectivity index (χ0) is 11.8. The van der Waals surface area contributed by atoms with Crippen LogP contribution in [0.3, 0.4) is 0 Å². The van der Waals surface area contributed by atoms with E-state index >= 15 is 0 Å². The molecule has 0 bridgehead atoms. The minimum absolute atomic E-state index is 0.187. The monoisotopic (exact) mass is 239 g/mol. The minimum atomic E-state index is 0.187. The molecule has 3 heteroatoms. The summed E-state index contributed by atoms with van der Waals surface area (Å²) in [5.41, 5.74) is 1.21. The first-order valence-corrected chi connectivity index (χ1v) is 6.19. The summed E-state index contributed by atoms with van der Waals surface area (Å²) in [5, 5.41) is 0. The Morgan fingerprint density at radius 3 is 2.56 bits per heavy atom. The number of rotatable bonds is 6. The van der Waals surface area contributed by atoms with Crippen molar-refractivity contribution in [3.05, 3.63) is 35.9 Å². The summed E-state index contributed by atoms with van der Waals surface area (Å²) in [4.78, 5) is 13.6. The van der Waals surface area contributed by atoms with Crippen molar-refractivity contribution in [2.75, 3.05) is 19.0 Å². The van der Waals surface area contributed by atoms with Crippen molar-refractivity contribution in [3.8, 4) is 0 Å². The van der Waals surface area contributed by atoms with E-state index in [-0.39, 0.29) is 5.91 Å². The summed E-state index contributed by atoms with van der Waals surface area (Å²) in [5.74, 6) is 0.692. The molecular formula is C13H18ClNO. The fourth-order valence-electron chi connectivity index (χ4n) is 1.62. The second-order valence-electron chi connectivity index (χ2n) is 3.65.